The van der Waals surface area contributed by atoms with E-state index in [2.05, 4.69) is 30.9 Å². The summed E-state index contributed by atoms with van der Waals surface area (Å²) in [5.41, 5.74) is 3.55. The van der Waals surface area contributed by atoms with Gasteiger partial charge in [0.25, 0.3) is 0 Å². The largest absolute Gasteiger partial charge is 0.372 e. The van der Waals surface area contributed by atoms with Crippen molar-refractivity contribution < 1.29 is 8.42 Å². The molecule has 0 aliphatic heterocycles. The van der Waals surface area contributed by atoms with Gasteiger partial charge in [0.2, 0.25) is 10.0 Å². The van der Waals surface area contributed by atoms with E-state index in [0.717, 1.165) is 29.3 Å². The summed E-state index contributed by atoms with van der Waals surface area (Å²) in [4.78, 5) is 7.70. The first-order valence-electron chi connectivity index (χ1n) is 9.11. The van der Waals surface area contributed by atoms with Crippen LogP contribution in [0, 0.1) is 0 Å². The Balaban J connectivity index is 0.00000320. The SMILES string of the molecule is CCN(CC)c1ccc(/N=c2/scc(-c3ccc(Cl)c(S(N)(=O)=O)c3)n2C)cc1.Cl. The number of hydrogen-bond acceptors (Lipinski definition) is 5. The van der Waals surface area contributed by atoms with Gasteiger partial charge in [-0.05, 0) is 50.2 Å². The van der Waals surface area contributed by atoms with Crippen molar-refractivity contribution in [1.29, 1.82) is 0 Å². The van der Waals surface area contributed by atoms with Crippen LogP contribution in [-0.2, 0) is 17.1 Å². The molecular weight excluding hydrogens is 463 g/mol. The summed E-state index contributed by atoms with van der Waals surface area (Å²) < 4.78 is 25.4. The zero-order valence-electron chi connectivity index (χ0n) is 16.9. The van der Waals surface area contributed by atoms with Crippen LogP contribution in [0.3, 0.4) is 0 Å². The van der Waals surface area contributed by atoms with Gasteiger partial charge >= 0.3 is 0 Å². The third kappa shape index (κ3) is 5.25. The van der Waals surface area contributed by atoms with Crippen molar-refractivity contribution in [3.63, 3.8) is 0 Å². The van der Waals surface area contributed by atoms with Crippen LogP contribution in [-0.4, -0.2) is 26.1 Å². The van der Waals surface area contributed by atoms with E-state index in [0.29, 0.717) is 5.56 Å². The normalized spacial score (nSPS) is 12.0. The number of aromatic nitrogens is 1. The summed E-state index contributed by atoms with van der Waals surface area (Å²) >= 11 is 7.47. The first-order chi connectivity index (χ1) is 13.7. The number of nitrogens with two attached hydrogens (primary N) is 1. The molecule has 6 nitrogen and oxygen atoms in total. The Kier molecular flexibility index (Phi) is 8.13. The zero-order chi connectivity index (χ0) is 21.2. The van der Waals surface area contributed by atoms with Gasteiger partial charge in [-0.3, -0.25) is 0 Å². The average molecular weight is 487 g/mol. The number of sulfonamides is 1. The van der Waals surface area contributed by atoms with Crippen molar-refractivity contribution in [2.24, 2.45) is 17.2 Å². The van der Waals surface area contributed by atoms with E-state index in [-0.39, 0.29) is 22.3 Å². The van der Waals surface area contributed by atoms with E-state index in [1.165, 1.54) is 29.2 Å². The molecule has 1 aromatic heterocycles. The second-order valence-electron chi connectivity index (χ2n) is 6.45. The smallest absolute Gasteiger partial charge is 0.239 e. The van der Waals surface area contributed by atoms with Crippen molar-refractivity contribution >= 4 is 56.7 Å². The number of thiazole rings is 1. The quantitative estimate of drug-likeness (QED) is 0.554. The molecule has 0 atom stereocenters. The van der Waals surface area contributed by atoms with Gasteiger partial charge in [0.1, 0.15) is 4.90 Å². The summed E-state index contributed by atoms with van der Waals surface area (Å²) in [6, 6.07) is 12.9. The molecule has 30 heavy (non-hydrogen) atoms. The molecule has 0 spiro atoms. The van der Waals surface area contributed by atoms with Crippen LogP contribution in [0.2, 0.25) is 5.02 Å². The van der Waals surface area contributed by atoms with Gasteiger partial charge in [0, 0.05) is 36.8 Å². The third-order valence-corrected chi connectivity index (χ3v) is 6.97. The molecule has 10 heteroatoms. The van der Waals surface area contributed by atoms with Crippen molar-refractivity contribution in [2.45, 2.75) is 18.7 Å². The Bertz CT molecular complexity index is 1180. The topological polar surface area (TPSA) is 80.7 Å². The molecule has 0 saturated carbocycles. The van der Waals surface area contributed by atoms with Crippen LogP contribution in [0.4, 0.5) is 11.4 Å². The molecule has 1 heterocycles. The molecule has 0 amide bonds. The maximum Gasteiger partial charge on any atom is 0.239 e. The number of hydrogen-bond donors (Lipinski definition) is 1. The Hall–Kier alpha value is -1.84. The number of benzene rings is 2. The molecule has 2 aromatic carbocycles. The second-order valence-corrected chi connectivity index (χ2v) is 9.23. The molecule has 162 valence electrons. The number of nitrogens with zero attached hydrogens (tertiary/aromatic N) is 3. The van der Waals surface area contributed by atoms with Crippen molar-refractivity contribution in [3.8, 4) is 11.3 Å². The second kappa shape index (κ2) is 9.98. The van der Waals surface area contributed by atoms with Crippen molar-refractivity contribution in [2.75, 3.05) is 18.0 Å². The average Bonchev–Trinajstić information content (AvgIpc) is 3.04. The molecule has 0 bridgehead atoms. The summed E-state index contributed by atoms with van der Waals surface area (Å²) in [5.74, 6) is 0. The fourth-order valence-corrected chi connectivity index (χ4v) is 5.05. The van der Waals surface area contributed by atoms with Crippen LogP contribution < -0.4 is 14.8 Å². The van der Waals surface area contributed by atoms with Gasteiger partial charge in [0.05, 0.1) is 16.4 Å². The summed E-state index contributed by atoms with van der Waals surface area (Å²) in [7, 11) is -2.01. The lowest BCUT2D eigenvalue weighted by atomic mass is 10.2. The van der Waals surface area contributed by atoms with Crippen molar-refractivity contribution in [3.05, 3.63) is 57.7 Å². The van der Waals surface area contributed by atoms with Crippen LogP contribution >= 0.6 is 35.3 Å². The molecule has 2 N–H and O–H groups in total. The summed E-state index contributed by atoms with van der Waals surface area (Å²) in [6.45, 7) is 6.18. The van der Waals surface area contributed by atoms with Gasteiger partial charge < -0.3 is 9.47 Å². The lowest BCUT2D eigenvalue weighted by Gasteiger charge is -2.20. The minimum Gasteiger partial charge on any atom is -0.372 e. The maximum absolute atomic E-state index is 11.8. The number of rotatable bonds is 6. The van der Waals surface area contributed by atoms with E-state index in [1.807, 2.05) is 29.1 Å². The molecule has 3 aromatic rings. The molecule has 0 aliphatic rings. The Morgan fingerprint density at radius 2 is 1.77 bits per heavy atom. The number of primary sulfonamides is 1. The van der Waals surface area contributed by atoms with Gasteiger partial charge in [-0.15, -0.1) is 23.7 Å². The first kappa shape index (κ1) is 24.4. The van der Waals surface area contributed by atoms with Gasteiger partial charge in [-0.2, -0.15) is 0 Å². The number of halogens is 2. The summed E-state index contributed by atoms with van der Waals surface area (Å²) in [6.07, 6.45) is 0. The molecule has 0 aliphatic carbocycles. The van der Waals surface area contributed by atoms with Crippen LogP contribution in [0.5, 0.6) is 0 Å². The highest BCUT2D eigenvalue weighted by molar-refractivity contribution is 7.89. The fraction of sp³-hybridized carbons (Fsp3) is 0.250. The van der Waals surface area contributed by atoms with Crippen LogP contribution in [0.25, 0.3) is 11.3 Å². The Morgan fingerprint density at radius 1 is 1.13 bits per heavy atom. The first-order valence-corrected chi connectivity index (χ1v) is 11.9. The van der Waals surface area contributed by atoms with E-state index >= 15 is 0 Å². The van der Waals surface area contributed by atoms with E-state index < -0.39 is 10.0 Å². The van der Waals surface area contributed by atoms with Gasteiger partial charge in [0.15, 0.2) is 4.80 Å². The molecule has 0 saturated heterocycles. The molecule has 3 rings (SSSR count). The fourth-order valence-electron chi connectivity index (χ4n) is 3.05. The Labute approximate surface area is 192 Å². The standard InChI is InChI=1S/C20H23ClN4O2S2.ClH/c1-4-25(5-2)16-9-7-15(8-10-16)23-20-24(3)18(13-28-20)14-6-11-17(21)19(12-14)29(22,26)27;/h6-13H,4-5H2,1-3H3,(H2,22,26,27);1H/b23-20+;. The molecule has 0 fully saturated rings. The molecular formula is C20H24Cl2N4O2S2. The highest BCUT2D eigenvalue weighted by Gasteiger charge is 2.15. The van der Waals surface area contributed by atoms with E-state index in [9.17, 15) is 8.42 Å². The van der Waals surface area contributed by atoms with Gasteiger partial charge in [-0.1, -0.05) is 17.7 Å². The zero-order valence-corrected chi connectivity index (χ0v) is 20.1. The van der Waals surface area contributed by atoms with Gasteiger partial charge in [-0.25, -0.2) is 18.5 Å². The van der Waals surface area contributed by atoms with E-state index in [1.54, 1.807) is 6.07 Å². The third-order valence-electron chi connectivity index (χ3n) is 4.66. The Morgan fingerprint density at radius 3 is 2.33 bits per heavy atom. The number of anilines is 1. The minimum absolute atomic E-state index is 0. The van der Waals surface area contributed by atoms with E-state index in [4.69, 9.17) is 21.7 Å². The van der Waals surface area contributed by atoms with Crippen LogP contribution in [0.1, 0.15) is 13.8 Å². The highest BCUT2D eigenvalue weighted by atomic mass is 35.5. The maximum atomic E-state index is 11.8. The molecule has 0 radical (unpaired) electrons. The van der Waals surface area contributed by atoms with Crippen LogP contribution in [0.15, 0.2) is 57.7 Å². The minimum atomic E-state index is -3.90. The predicted molar refractivity (Wildman–Crippen MR) is 128 cm³/mol. The predicted octanol–water partition coefficient (Wildman–Crippen LogP) is 4.55. The monoisotopic (exact) mass is 486 g/mol. The van der Waals surface area contributed by atoms with Crippen molar-refractivity contribution in [1.82, 2.24) is 4.57 Å². The summed E-state index contributed by atoms with van der Waals surface area (Å²) in [5, 5.41) is 7.30. The lowest BCUT2D eigenvalue weighted by molar-refractivity contribution is 0.598. The highest BCUT2D eigenvalue weighted by Crippen LogP contribution is 2.28. The lowest BCUT2D eigenvalue weighted by Crippen LogP contribution is -2.21. The molecule has 0 unspecified atom stereocenters.